The zero-order valence-electron chi connectivity index (χ0n) is 19.0. The minimum atomic E-state index is -0.524. The third kappa shape index (κ3) is 9.36. The van der Waals surface area contributed by atoms with Gasteiger partial charge in [0.1, 0.15) is 11.4 Å². The van der Waals surface area contributed by atoms with Crippen LogP contribution >= 0.6 is 24.0 Å². The predicted molar refractivity (Wildman–Crippen MR) is 133 cm³/mol. The lowest BCUT2D eigenvalue weighted by atomic mass is 10.1. The molecule has 0 bridgehead atoms. The molecule has 2 heterocycles. The van der Waals surface area contributed by atoms with Crippen molar-refractivity contribution in [2.75, 3.05) is 31.6 Å². The highest BCUT2D eigenvalue weighted by Crippen LogP contribution is 2.18. The van der Waals surface area contributed by atoms with Crippen LogP contribution in [0.3, 0.4) is 0 Å². The Kier molecular flexibility index (Phi) is 10.1. The molecule has 0 atom stereocenters. The highest BCUT2D eigenvalue weighted by molar-refractivity contribution is 14.0. The number of rotatable bonds is 6. The van der Waals surface area contributed by atoms with Crippen LogP contribution in [-0.4, -0.2) is 54.9 Å². The second-order valence-corrected chi connectivity index (χ2v) is 9.01. The Labute approximate surface area is 197 Å². The number of ether oxygens (including phenoxy) is 1. The van der Waals surface area contributed by atoms with Crippen molar-refractivity contribution in [2.24, 2.45) is 4.99 Å². The molecule has 30 heavy (non-hydrogen) atoms. The lowest BCUT2D eigenvalue weighted by molar-refractivity contribution is 0.0474. The highest BCUT2D eigenvalue weighted by Gasteiger charge is 2.24. The van der Waals surface area contributed by atoms with Crippen LogP contribution in [0.1, 0.15) is 53.0 Å². The molecular formula is C21H37IN6O2. The van der Waals surface area contributed by atoms with Crippen LogP contribution in [0.2, 0.25) is 0 Å². The zero-order chi connectivity index (χ0) is 21.5. The Bertz CT molecular complexity index is 712. The van der Waals surface area contributed by atoms with E-state index in [-0.39, 0.29) is 24.0 Å². The molecule has 1 aliphatic rings. The van der Waals surface area contributed by atoms with Gasteiger partial charge in [-0.15, -0.1) is 24.0 Å². The summed E-state index contributed by atoms with van der Waals surface area (Å²) in [6.45, 7) is 12.7. The molecule has 1 fully saturated rings. The normalized spacial score (nSPS) is 14.7. The first kappa shape index (κ1) is 26.3. The Hall–Kier alpha value is -1.78. The number of nitrogens with one attached hydrogen (secondary N) is 3. The SMILES string of the molecule is CN=C(NCc1ccnc(N2CCCC2)c1)NCC(C)(C)NC(=O)OC(C)(C)C.I. The number of hydrogen-bond acceptors (Lipinski definition) is 5. The molecular weight excluding hydrogens is 495 g/mol. The molecule has 0 radical (unpaired) electrons. The van der Waals surface area contributed by atoms with Crippen molar-refractivity contribution < 1.29 is 9.53 Å². The van der Waals surface area contributed by atoms with Crippen LogP contribution < -0.4 is 20.9 Å². The molecule has 0 spiro atoms. The van der Waals surface area contributed by atoms with Gasteiger partial charge in [-0.3, -0.25) is 4.99 Å². The van der Waals surface area contributed by atoms with Gasteiger partial charge in [0, 0.05) is 39.4 Å². The molecule has 1 amide bonds. The van der Waals surface area contributed by atoms with Crippen molar-refractivity contribution in [2.45, 2.75) is 65.1 Å². The fraction of sp³-hybridized carbons (Fsp3) is 0.667. The topological polar surface area (TPSA) is 90.9 Å². The van der Waals surface area contributed by atoms with Crippen molar-refractivity contribution in [3.63, 3.8) is 0 Å². The summed E-state index contributed by atoms with van der Waals surface area (Å²) in [5.74, 6) is 1.70. The number of guanidine groups is 1. The smallest absolute Gasteiger partial charge is 0.408 e. The zero-order valence-corrected chi connectivity index (χ0v) is 21.4. The molecule has 3 N–H and O–H groups in total. The molecule has 0 saturated carbocycles. The van der Waals surface area contributed by atoms with Gasteiger partial charge in [-0.05, 0) is 65.2 Å². The van der Waals surface area contributed by atoms with E-state index in [1.54, 1.807) is 7.05 Å². The van der Waals surface area contributed by atoms with Gasteiger partial charge in [0.25, 0.3) is 0 Å². The van der Waals surface area contributed by atoms with Gasteiger partial charge in [-0.25, -0.2) is 9.78 Å². The second-order valence-electron chi connectivity index (χ2n) is 9.01. The minimum absolute atomic E-state index is 0. The largest absolute Gasteiger partial charge is 0.444 e. The lowest BCUT2D eigenvalue weighted by Gasteiger charge is -2.29. The van der Waals surface area contributed by atoms with Gasteiger partial charge in [-0.1, -0.05) is 0 Å². The molecule has 8 nitrogen and oxygen atoms in total. The number of anilines is 1. The Morgan fingerprint density at radius 2 is 1.87 bits per heavy atom. The third-order valence-corrected chi connectivity index (χ3v) is 4.46. The van der Waals surface area contributed by atoms with E-state index in [9.17, 15) is 4.79 Å². The van der Waals surface area contributed by atoms with Gasteiger partial charge in [0.15, 0.2) is 5.96 Å². The minimum Gasteiger partial charge on any atom is -0.444 e. The fourth-order valence-electron chi connectivity index (χ4n) is 3.02. The van der Waals surface area contributed by atoms with Crippen molar-refractivity contribution >= 4 is 41.8 Å². The first-order chi connectivity index (χ1) is 13.6. The van der Waals surface area contributed by atoms with E-state index in [0.29, 0.717) is 19.0 Å². The summed E-state index contributed by atoms with van der Waals surface area (Å²) < 4.78 is 5.33. The number of halogens is 1. The average Bonchev–Trinajstić information content (AvgIpc) is 3.14. The third-order valence-electron chi connectivity index (χ3n) is 4.46. The van der Waals surface area contributed by atoms with Crippen LogP contribution in [0, 0.1) is 0 Å². The molecule has 170 valence electrons. The fourth-order valence-corrected chi connectivity index (χ4v) is 3.02. The summed E-state index contributed by atoms with van der Waals surface area (Å²) in [7, 11) is 1.73. The highest BCUT2D eigenvalue weighted by atomic mass is 127. The van der Waals surface area contributed by atoms with Gasteiger partial charge in [-0.2, -0.15) is 0 Å². The number of aliphatic imine (C=N–C) groups is 1. The van der Waals surface area contributed by atoms with Crippen molar-refractivity contribution in [3.8, 4) is 0 Å². The maximum Gasteiger partial charge on any atom is 0.408 e. The van der Waals surface area contributed by atoms with Crippen LogP contribution in [0.4, 0.5) is 10.6 Å². The average molecular weight is 532 g/mol. The summed E-state index contributed by atoms with van der Waals surface area (Å²) in [5.41, 5.74) is 0.124. The number of alkyl carbamates (subject to hydrolysis) is 1. The molecule has 0 aliphatic carbocycles. The number of hydrogen-bond donors (Lipinski definition) is 3. The monoisotopic (exact) mass is 532 g/mol. The molecule has 9 heteroatoms. The van der Waals surface area contributed by atoms with Gasteiger partial charge >= 0.3 is 6.09 Å². The van der Waals surface area contributed by atoms with Crippen molar-refractivity contribution in [3.05, 3.63) is 23.9 Å². The molecule has 1 aliphatic heterocycles. The van der Waals surface area contributed by atoms with Crippen LogP contribution in [0.5, 0.6) is 0 Å². The van der Waals surface area contributed by atoms with E-state index in [1.165, 1.54) is 12.8 Å². The van der Waals surface area contributed by atoms with E-state index in [2.05, 4.69) is 36.9 Å². The Balaban J connectivity index is 0.00000450. The number of carbonyl (C=O) groups is 1. The summed E-state index contributed by atoms with van der Waals surface area (Å²) in [6.07, 6.45) is 3.88. The molecule has 1 saturated heterocycles. The van der Waals surface area contributed by atoms with E-state index >= 15 is 0 Å². The number of nitrogens with zero attached hydrogens (tertiary/aromatic N) is 3. The quantitative estimate of drug-likeness (QED) is 0.296. The Morgan fingerprint density at radius 3 is 2.47 bits per heavy atom. The lowest BCUT2D eigenvalue weighted by Crippen LogP contribution is -2.54. The van der Waals surface area contributed by atoms with E-state index < -0.39 is 17.2 Å². The van der Waals surface area contributed by atoms with Crippen molar-refractivity contribution in [1.29, 1.82) is 0 Å². The van der Waals surface area contributed by atoms with Crippen molar-refractivity contribution in [1.82, 2.24) is 20.9 Å². The predicted octanol–water partition coefficient (Wildman–Crippen LogP) is 3.27. The molecule has 1 aromatic rings. The van der Waals surface area contributed by atoms with E-state index in [0.717, 1.165) is 24.5 Å². The molecule has 1 aromatic heterocycles. The number of amides is 1. The number of aromatic nitrogens is 1. The van der Waals surface area contributed by atoms with Gasteiger partial charge < -0.3 is 25.6 Å². The summed E-state index contributed by atoms with van der Waals surface area (Å²) >= 11 is 0. The summed E-state index contributed by atoms with van der Waals surface area (Å²) in [4.78, 5) is 23.1. The maximum atomic E-state index is 12.0. The standard InChI is InChI=1S/C21H36N6O2.HI/c1-20(2,3)29-19(28)26-21(4,5)15-25-18(22-6)24-14-16-9-10-23-17(13-16)27-11-7-8-12-27;/h9-10,13H,7-8,11-12,14-15H2,1-6H3,(H,26,28)(H2,22,24,25);1H. The maximum absolute atomic E-state index is 12.0. The molecule has 0 unspecified atom stereocenters. The van der Waals surface area contributed by atoms with E-state index in [1.807, 2.05) is 46.9 Å². The first-order valence-corrected chi connectivity index (χ1v) is 10.2. The Morgan fingerprint density at radius 1 is 1.20 bits per heavy atom. The van der Waals surface area contributed by atoms with Gasteiger partial charge in [0.2, 0.25) is 0 Å². The summed E-state index contributed by atoms with van der Waals surface area (Å²) in [5, 5.41) is 9.46. The first-order valence-electron chi connectivity index (χ1n) is 10.2. The van der Waals surface area contributed by atoms with Crippen LogP contribution in [0.25, 0.3) is 0 Å². The number of pyridine rings is 1. The summed E-state index contributed by atoms with van der Waals surface area (Å²) in [6, 6.07) is 4.13. The molecule has 2 rings (SSSR count). The van der Waals surface area contributed by atoms with Crippen LogP contribution in [-0.2, 0) is 11.3 Å². The number of carbonyl (C=O) groups excluding carboxylic acids is 1. The van der Waals surface area contributed by atoms with Crippen LogP contribution in [0.15, 0.2) is 23.3 Å². The van der Waals surface area contributed by atoms with Gasteiger partial charge in [0.05, 0.1) is 5.54 Å². The molecule has 0 aromatic carbocycles. The second kappa shape index (κ2) is 11.6. The van der Waals surface area contributed by atoms with E-state index in [4.69, 9.17) is 4.74 Å².